The highest BCUT2D eigenvalue weighted by atomic mass is 127. The van der Waals surface area contributed by atoms with Crippen LogP contribution >= 0.6 is 35.3 Å². The van der Waals surface area contributed by atoms with Crippen LogP contribution in [0.4, 0.5) is 0 Å². The molecule has 138 valence electrons. The molecule has 0 saturated heterocycles. The topological polar surface area (TPSA) is 58.5 Å². The summed E-state index contributed by atoms with van der Waals surface area (Å²) in [4.78, 5) is 10.0. The van der Waals surface area contributed by atoms with Crippen molar-refractivity contribution in [3.05, 3.63) is 51.5 Å². The van der Waals surface area contributed by atoms with Crippen molar-refractivity contribution in [2.75, 3.05) is 26.7 Å². The van der Waals surface area contributed by atoms with Gasteiger partial charge in [0.25, 0.3) is 0 Å². The molecule has 5 nitrogen and oxygen atoms in total. The molecule has 0 spiro atoms. The Labute approximate surface area is 171 Å². The fraction of sp³-hybridized carbons (Fsp3) is 0.444. The third-order valence-corrected chi connectivity index (χ3v) is 4.65. The third-order valence-electron chi connectivity index (χ3n) is 3.52. The fourth-order valence-electron chi connectivity index (χ4n) is 2.33. The second-order valence-corrected chi connectivity index (χ2v) is 6.74. The van der Waals surface area contributed by atoms with Gasteiger partial charge in [-0.2, -0.15) is 0 Å². The molecule has 0 unspecified atom stereocenters. The van der Waals surface area contributed by atoms with Gasteiger partial charge < -0.3 is 15.4 Å². The second-order valence-electron chi connectivity index (χ2n) is 5.46. The summed E-state index contributed by atoms with van der Waals surface area (Å²) in [5, 5.41) is 7.71. The van der Waals surface area contributed by atoms with E-state index >= 15 is 0 Å². The summed E-state index contributed by atoms with van der Waals surface area (Å²) in [5.74, 6) is 0.803. The van der Waals surface area contributed by atoms with Crippen molar-refractivity contribution in [1.29, 1.82) is 0 Å². The predicted octanol–water partition coefficient (Wildman–Crippen LogP) is 3.30. The number of nitrogens with one attached hydrogen (secondary N) is 2. The van der Waals surface area contributed by atoms with E-state index in [9.17, 15) is 0 Å². The zero-order valence-electron chi connectivity index (χ0n) is 15.0. The first-order valence-electron chi connectivity index (χ1n) is 8.18. The standard InChI is InChI=1S/C18H26N4OS.HI/c1-14-17(24-15(2)22-14)9-10-20-18(19-3)21-11-12-23-13-16-7-5-4-6-8-16;/h4-8H,9-13H2,1-3H3,(H2,19,20,21);1H. The molecule has 0 radical (unpaired) electrons. The molecule has 0 aliphatic carbocycles. The fourth-order valence-corrected chi connectivity index (χ4v) is 3.26. The van der Waals surface area contributed by atoms with Crippen LogP contribution in [0.2, 0.25) is 0 Å². The highest BCUT2D eigenvalue weighted by Crippen LogP contribution is 2.16. The molecule has 2 N–H and O–H groups in total. The van der Waals surface area contributed by atoms with Gasteiger partial charge in [-0.1, -0.05) is 30.3 Å². The molecule has 0 atom stereocenters. The Bertz CT molecular complexity index is 646. The van der Waals surface area contributed by atoms with Crippen LogP contribution < -0.4 is 10.6 Å². The molecule has 2 rings (SSSR count). The zero-order chi connectivity index (χ0) is 17.2. The van der Waals surface area contributed by atoms with Crippen LogP contribution in [0.15, 0.2) is 35.3 Å². The van der Waals surface area contributed by atoms with Gasteiger partial charge in [0, 0.05) is 31.4 Å². The number of hydrogen-bond donors (Lipinski definition) is 2. The van der Waals surface area contributed by atoms with Crippen LogP contribution in [0.1, 0.15) is 21.1 Å². The summed E-state index contributed by atoms with van der Waals surface area (Å²) in [6.45, 7) is 6.96. The Kier molecular flexibility index (Phi) is 10.7. The molecular weight excluding hydrogens is 447 g/mol. The van der Waals surface area contributed by atoms with Crippen molar-refractivity contribution in [2.45, 2.75) is 26.9 Å². The number of ether oxygens (including phenoxy) is 1. The maximum atomic E-state index is 5.66. The summed E-state index contributed by atoms with van der Waals surface area (Å²) >= 11 is 1.76. The molecule has 0 bridgehead atoms. The quantitative estimate of drug-likeness (QED) is 0.267. The minimum Gasteiger partial charge on any atom is -0.375 e. The van der Waals surface area contributed by atoms with E-state index in [4.69, 9.17) is 4.74 Å². The van der Waals surface area contributed by atoms with E-state index in [2.05, 4.69) is 39.7 Å². The molecule has 0 aliphatic rings. The molecule has 0 saturated carbocycles. The highest BCUT2D eigenvalue weighted by molar-refractivity contribution is 14.0. The molecule has 1 aromatic heterocycles. The summed E-state index contributed by atoms with van der Waals surface area (Å²) in [7, 11) is 1.78. The van der Waals surface area contributed by atoms with E-state index in [0.717, 1.165) is 36.2 Å². The number of thiazole rings is 1. The molecule has 1 heterocycles. The Hall–Kier alpha value is -1.19. The number of aryl methyl sites for hydroxylation is 2. The second kappa shape index (κ2) is 12.2. The first-order valence-corrected chi connectivity index (χ1v) is 9.00. The van der Waals surface area contributed by atoms with Crippen molar-refractivity contribution >= 4 is 41.3 Å². The van der Waals surface area contributed by atoms with Crippen molar-refractivity contribution in [1.82, 2.24) is 15.6 Å². The van der Waals surface area contributed by atoms with Gasteiger partial charge in [0.05, 0.1) is 23.9 Å². The average Bonchev–Trinajstić information content (AvgIpc) is 2.91. The molecule has 2 aromatic rings. The van der Waals surface area contributed by atoms with Crippen molar-refractivity contribution in [3.8, 4) is 0 Å². The maximum Gasteiger partial charge on any atom is 0.191 e. The van der Waals surface area contributed by atoms with Crippen molar-refractivity contribution in [2.24, 2.45) is 4.99 Å². The monoisotopic (exact) mass is 474 g/mol. The van der Waals surface area contributed by atoms with Crippen LogP contribution in [-0.2, 0) is 17.8 Å². The third kappa shape index (κ3) is 8.15. The van der Waals surface area contributed by atoms with Gasteiger partial charge in [0.15, 0.2) is 5.96 Å². The zero-order valence-corrected chi connectivity index (χ0v) is 18.2. The van der Waals surface area contributed by atoms with Crippen molar-refractivity contribution in [3.63, 3.8) is 0 Å². The number of hydrogen-bond acceptors (Lipinski definition) is 4. The number of aromatic nitrogens is 1. The molecule has 1 aromatic carbocycles. The van der Waals surface area contributed by atoms with Crippen LogP contribution in [0.5, 0.6) is 0 Å². The first-order chi connectivity index (χ1) is 11.7. The van der Waals surface area contributed by atoms with Gasteiger partial charge in [-0.3, -0.25) is 4.99 Å². The number of halogens is 1. The molecule has 7 heteroatoms. The van der Waals surface area contributed by atoms with E-state index in [-0.39, 0.29) is 24.0 Å². The van der Waals surface area contributed by atoms with E-state index in [0.29, 0.717) is 13.2 Å². The Balaban J connectivity index is 0.00000312. The van der Waals surface area contributed by atoms with Crippen LogP contribution in [0, 0.1) is 13.8 Å². The van der Waals surface area contributed by atoms with E-state index in [1.165, 1.54) is 10.4 Å². The number of rotatable bonds is 8. The van der Waals surface area contributed by atoms with Crippen molar-refractivity contribution < 1.29 is 4.74 Å². The van der Waals surface area contributed by atoms with Crippen LogP contribution in [0.3, 0.4) is 0 Å². The smallest absolute Gasteiger partial charge is 0.191 e. The Morgan fingerprint density at radius 2 is 1.88 bits per heavy atom. The van der Waals surface area contributed by atoms with Gasteiger partial charge in [-0.05, 0) is 19.4 Å². The number of benzene rings is 1. The largest absolute Gasteiger partial charge is 0.375 e. The van der Waals surface area contributed by atoms with E-state index < -0.39 is 0 Å². The lowest BCUT2D eigenvalue weighted by molar-refractivity contribution is 0.125. The highest BCUT2D eigenvalue weighted by Gasteiger charge is 2.05. The molecule has 0 aliphatic heterocycles. The number of aliphatic imine (C=N–C) groups is 1. The predicted molar refractivity (Wildman–Crippen MR) is 116 cm³/mol. The van der Waals surface area contributed by atoms with E-state index in [1.807, 2.05) is 25.1 Å². The SMILES string of the molecule is CN=C(NCCOCc1ccccc1)NCCc1sc(C)nc1C.I. The Morgan fingerprint density at radius 3 is 2.52 bits per heavy atom. The van der Waals surface area contributed by atoms with Gasteiger partial charge in [-0.25, -0.2) is 4.98 Å². The summed E-state index contributed by atoms with van der Waals surface area (Å²) in [5.41, 5.74) is 2.33. The minimum absolute atomic E-state index is 0. The van der Waals surface area contributed by atoms with Crippen LogP contribution in [-0.4, -0.2) is 37.7 Å². The minimum atomic E-state index is 0. The number of nitrogens with zero attached hydrogens (tertiary/aromatic N) is 2. The molecule has 0 amide bonds. The van der Waals surface area contributed by atoms with Gasteiger partial charge in [-0.15, -0.1) is 35.3 Å². The van der Waals surface area contributed by atoms with E-state index in [1.54, 1.807) is 18.4 Å². The van der Waals surface area contributed by atoms with Crippen LogP contribution in [0.25, 0.3) is 0 Å². The first kappa shape index (κ1) is 21.9. The summed E-state index contributed by atoms with van der Waals surface area (Å²) in [6, 6.07) is 10.2. The maximum absolute atomic E-state index is 5.66. The Morgan fingerprint density at radius 1 is 1.16 bits per heavy atom. The lowest BCUT2D eigenvalue weighted by Crippen LogP contribution is -2.39. The summed E-state index contributed by atoms with van der Waals surface area (Å²) < 4.78 is 5.66. The molecule has 0 fully saturated rings. The van der Waals surface area contributed by atoms with Gasteiger partial charge in [0.1, 0.15) is 0 Å². The molecular formula is C18H27IN4OS. The van der Waals surface area contributed by atoms with Gasteiger partial charge in [0.2, 0.25) is 0 Å². The number of guanidine groups is 1. The molecule has 25 heavy (non-hydrogen) atoms. The average molecular weight is 474 g/mol. The van der Waals surface area contributed by atoms with Gasteiger partial charge >= 0.3 is 0 Å². The summed E-state index contributed by atoms with van der Waals surface area (Å²) in [6.07, 6.45) is 0.961. The lowest BCUT2D eigenvalue weighted by Gasteiger charge is -2.12. The lowest BCUT2D eigenvalue weighted by atomic mass is 10.2. The normalized spacial score (nSPS) is 11.1.